The van der Waals surface area contributed by atoms with Crippen LogP contribution < -0.4 is 4.31 Å². The molecule has 0 spiro atoms. The van der Waals surface area contributed by atoms with Gasteiger partial charge in [0.25, 0.3) is 10.0 Å². The molecule has 1 N–H and O–H groups in total. The number of phenols is 1. The Kier molecular flexibility index (Phi) is 4.34. The van der Waals surface area contributed by atoms with E-state index in [0.29, 0.717) is 5.69 Å². The van der Waals surface area contributed by atoms with Gasteiger partial charge in [0.05, 0.1) is 18.1 Å². The summed E-state index contributed by atoms with van der Waals surface area (Å²) in [6.45, 7) is 3.68. The maximum absolute atomic E-state index is 12.7. The molecule has 0 atom stereocenters. The Balaban J connectivity index is 2.54. The van der Waals surface area contributed by atoms with Crippen LogP contribution in [0.15, 0.2) is 35.5 Å². The summed E-state index contributed by atoms with van der Waals surface area (Å²) >= 11 is 5.57. The SMILES string of the molecule is CCN(c1cc(O)ccc1C)S(=O)(=O)c1cnc(Cl)nc1. The number of halogens is 1. The number of hydrogen-bond donors (Lipinski definition) is 1. The van der Waals surface area contributed by atoms with Crippen molar-refractivity contribution in [3.05, 3.63) is 41.4 Å². The number of sulfonamides is 1. The van der Waals surface area contributed by atoms with Crippen molar-refractivity contribution in [2.45, 2.75) is 18.7 Å². The molecule has 6 nitrogen and oxygen atoms in total. The molecule has 0 fully saturated rings. The van der Waals surface area contributed by atoms with E-state index in [9.17, 15) is 13.5 Å². The quantitative estimate of drug-likeness (QED) is 0.871. The van der Waals surface area contributed by atoms with Crippen LogP contribution in [0.1, 0.15) is 12.5 Å². The minimum Gasteiger partial charge on any atom is -0.508 e. The highest BCUT2D eigenvalue weighted by molar-refractivity contribution is 7.92. The minimum atomic E-state index is -3.82. The average molecular weight is 328 g/mol. The first-order valence-corrected chi connectivity index (χ1v) is 7.98. The molecule has 0 aliphatic heterocycles. The van der Waals surface area contributed by atoms with Crippen LogP contribution in [0.2, 0.25) is 5.28 Å². The summed E-state index contributed by atoms with van der Waals surface area (Å²) in [7, 11) is -3.82. The van der Waals surface area contributed by atoms with E-state index in [1.165, 1.54) is 16.4 Å². The zero-order valence-electron chi connectivity index (χ0n) is 11.5. The molecule has 2 rings (SSSR count). The van der Waals surface area contributed by atoms with Crippen LogP contribution in [0.25, 0.3) is 0 Å². The maximum atomic E-state index is 12.7. The Labute approximate surface area is 128 Å². The Bertz CT molecular complexity index is 748. The summed E-state index contributed by atoms with van der Waals surface area (Å²) in [5.74, 6) is -0.00314. The molecular weight excluding hydrogens is 314 g/mol. The van der Waals surface area contributed by atoms with Gasteiger partial charge in [-0.25, -0.2) is 18.4 Å². The van der Waals surface area contributed by atoms with Gasteiger partial charge in [-0.2, -0.15) is 0 Å². The molecule has 0 unspecified atom stereocenters. The molecule has 1 heterocycles. The Morgan fingerprint density at radius 2 is 1.90 bits per heavy atom. The lowest BCUT2D eigenvalue weighted by atomic mass is 10.2. The highest BCUT2D eigenvalue weighted by Crippen LogP contribution is 2.29. The molecule has 112 valence electrons. The van der Waals surface area contributed by atoms with Gasteiger partial charge in [0.15, 0.2) is 0 Å². The van der Waals surface area contributed by atoms with E-state index in [2.05, 4.69) is 9.97 Å². The molecule has 0 amide bonds. The van der Waals surface area contributed by atoms with Crippen LogP contribution in [-0.4, -0.2) is 30.0 Å². The van der Waals surface area contributed by atoms with Gasteiger partial charge < -0.3 is 5.11 Å². The summed E-state index contributed by atoms with van der Waals surface area (Å²) in [4.78, 5) is 7.33. The standard InChI is InChI=1S/C13H14ClN3O3S/c1-3-17(12-6-10(18)5-4-9(12)2)21(19,20)11-7-15-13(14)16-8-11/h4-8,18H,3H2,1-2H3. The van der Waals surface area contributed by atoms with Crippen molar-refractivity contribution in [2.24, 2.45) is 0 Å². The molecule has 8 heteroatoms. The van der Waals surface area contributed by atoms with E-state index >= 15 is 0 Å². The van der Waals surface area contributed by atoms with Crippen molar-refractivity contribution in [3.8, 4) is 5.75 Å². The fraction of sp³-hybridized carbons (Fsp3) is 0.231. The van der Waals surface area contributed by atoms with Gasteiger partial charge in [0.1, 0.15) is 10.6 Å². The maximum Gasteiger partial charge on any atom is 0.267 e. The molecule has 0 aliphatic rings. The molecule has 0 radical (unpaired) electrons. The molecule has 1 aromatic heterocycles. The predicted molar refractivity (Wildman–Crippen MR) is 80.1 cm³/mol. The normalized spacial score (nSPS) is 11.4. The highest BCUT2D eigenvalue weighted by Gasteiger charge is 2.25. The summed E-state index contributed by atoms with van der Waals surface area (Å²) in [5.41, 5.74) is 1.14. The van der Waals surface area contributed by atoms with Gasteiger partial charge in [-0.3, -0.25) is 4.31 Å². The second kappa shape index (κ2) is 5.87. The number of phenolic OH excluding ortho intramolecular Hbond substituents is 1. The van der Waals surface area contributed by atoms with Crippen molar-refractivity contribution in [1.82, 2.24) is 9.97 Å². The summed E-state index contributed by atoms with van der Waals surface area (Å²) in [6.07, 6.45) is 2.32. The van der Waals surface area contributed by atoms with Crippen molar-refractivity contribution in [3.63, 3.8) is 0 Å². The lowest BCUT2D eigenvalue weighted by Gasteiger charge is -2.24. The monoisotopic (exact) mass is 327 g/mol. The number of aromatic nitrogens is 2. The first kappa shape index (κ1) is 15.5. The van der Waals surface area contributed by atoms with E-state index in [4.69, 9.17) is 11.6 Å². The first-order chi connectivity index (χ1) is 9.86. The molecule has 0 aliphatic carbocycles. The van der Waals surface area contributed by atoms with Gasteiger partial charge in [0, 0.05) is 12.6 Å². The van der Waals surface area contributed by atoms with Gasteiger partial charge >= 0.3 is 0 Å². The summed E-state index contributed by atoms with van der Waals surface area (Å²) in [6, 6.07) is 4.57. The number of rotatable bonds is 4. The van der Waals surface area contributed by atoms with Crippen LogP contribution in [0.4, 0.5) is 5.69 Å². The second-order valence-corrected chi connectivity index (χ2v) is 6.53. The Morgan fingerprint density at radius 1 is 1.29 bits per heavy atom. The first-order valence-electron chi connectivity index (χ1n) is 6.16. The lowest BCUT2D eigenvalue weighted by molar-refractivity contribution is 0.475. The van der Waals surface area contributed by atoms with Crippen molar-refractivity contribution >= 4 is 27.3 Å². The summed E-state index contributed by atoms with van der Waals surface area (Å²) in [5, 5.41) is 9.57. The zero-order valence-corrected chi connectivity index (χ0v) is 13.1. The highest BCUT2D eigenvalue weighted by atomic mass is 35.5. The predicted octanol–water partition coefficient (Wildman–Crippen LogP) is 2.36. The van der Waals surface area contributed by atoms with Crippen LogP contribution in [0.3, 0.4) is 0 Å². The minimum absolute atomic E-state index is 0.00314. The van der Waals surface area contributed by atoms with Crippen LogP contribution in [0, 0.1) is 6.92 Å². The zero-order chi connectivity index (χ0) is 15.6. The summed E-state index contributed by atoms with van der Waals surface area (Å²) < 4.78 is 26.5. The van der Waals surface area contributed by atoms with Gasteiger partial charge in [-0.15, -0.1) is 0 Å². The van der Waals surface area contributed by atoms with Gasteiger partial charge in [-0.1, -0.05) is 6.07 Å². The van der Waals surface area contributed by atoms with Crippen LogP contribution in [0.5, 0.6) is 5.75 Å². The number of nitrogens with zero attached hydrogens (tertiary/aromatic N) is 3. The largest absolute Gasteiger partial charge is 0.508 e. The van der Waals surface area contributed by atoms with Crippen LogP contribution in [-0.2, 0) is 10.0 Å². The topological polar surface area (TPSA) is 83.4 Å². The van der Waals surface area contributed by atoms with E-state index in [-0.39, 0.29) is 22.5 Å². The molecule has 0 saturated carbocycles. The fourth-order valence-corrected chi connectivity index (χ4v) is 3.42. The number of anilines is 1. The molecule has 2 aromatic rings. The van der Waals surface area contributed by atoms with Crippen molar-refractivity contribution in [1.29, 1.82) is 0 Å². The third kappa shape index (κ3) is 3.08. The number of aryl methyl sites for hydroxylation is 1. The smallest absolute Gasteiger partial charge is 0.267 e. The lowest BCUT2D eigenvalue weighted by Crippen LogP contribution is -2.31. The van der Waals surface area contributed by atoms with Crippen LogP contribution >= 0.6 is 11.6 Å². The molecular formula is C13H14ClN3O3S. The molecule has 0 bridgehead atoms. The Morgan fingerprint density at radius 3 is 2.48 bits per heavy atom. The van der Waals surface area contributed by atoms with E-state index < -0.39 is 10.0 Å². The molecule has 21 heavy (non-hydrogen) atoms. The van der Waals surface area contributed by atoms with Crippen molar-refractivity contribution in [2.75, 3.05) is 10.8 Å². The van der Waals surface area contributed by atoms with Gasteiger partial charge in [0.2, 0.25) is 5.28 Å². The van der Waals surface area contributed by atoms with E-state index in [0.717, 1.165) is 18.0 Å². The molecule has 0 saturated heterocycles. The van der Waals surface area contributed by atoms with Crippen molar-refractivity contribution < 1.29 is 13.5 Å². The second-order valence-electron chi connectivity index (χ2n) is 4.33. The average Bonchev–Trinajstić information content (AvgIpc) is 2.43. The fourth-order valence-electron chi connectivity index (χ4n) is 1.90. The van der Waals surface area contributed by atoms with Gasteiger partial charge in [-0.05, 0) is 37.1 Å². The number of aromatic hydroxyl groups is 1. The third-order valence-corrected chi connectivity index (χ3v) is 4.97. The Hall–Kier alpha value is -1.86. The third-order valence-electron chi connectivity index (χ3n) is 2.93. The number of hydrogen-bond acceptors (Lipinski definition) is 5. The van der Waals surface area contributed by atoms with E-state index in [1.807, 2.05) is 0 Å². The van der Waals surface area contributed by atoms with E-state index in [1.54, 1.807) is 19.9 Å². The number of benzene rings is 1. The molecule has 1 aromatic carbocycles.